The first-order valence-corrected chi connectivity index (χ1v) is 9.87. The number of nitrogens with zero attached hydrogens (tertiary/aromatic N) is 3. The molecule has 1 unspecified atom stereocenters. The third-order valence-electron chi connectivity index (χ3n) is 5.09. The van der Waals surface area contributed by atoms with Gasteiger partial charge in [-0.25, -0.2) is 9.78 Å². The Kier molecular flexibility index (Phi) is 4.28. The highest BCUT2D eigenvalue weighted by atomic mass is 79.9. The molecule has 1 atom stereocenters. The summed E-state index contributed by atoms with van der Waals surface area (Å²) in [6.45, 7) is 0.299. The number of nitrogens with one attached hydrogen (secondary N) is 1. The highest BCUT2D eigenvalue weighted by Crippen LogP contribution is 2.37. The zero-order chi connectivity index (χ0) is 20.0. The second kappa shape index (κ2) is 6.97. The van der Waals surface area contributed by atoms with Gasteiger partial charge in [-0.15, -0.1) is 0 Å². The van der Waals surface area contributed by atoms with Crippen LogP contribution in [0.1, 0.15) is 33.4 Å². The summed E-state index contributed by atoms with van der Waals surface area (Å²) in [5, 5.41) is 0. The van der Waals surface area contributed by atoms with Gasteiger partial charge in [0, 0.05) is 22.7 Å². The highest BCUT2D eigenvalue weighted by molar-refractivity contribution is 9.10. The van der Waals surface area contributed by atoms with Gasteiger partial charge in [-0.2, -0.15) is 0 Å². The maximum Gasteiger partial charge on any atom is 0.418 e. The molecule has 0 spiro atoms. The third-order valence-corrected chi connectivity index (χ3v) is 5.81. The van der Waals surface area contributed by atoms with E-state index in [9.17, 15) is 9.59 Å². The minimum absolute atomic E-state index is 0.0462. The standard InChI is InChI=1S/C21H15BrN4O3/c22-15-6-3-9-23-17(15)10-18-13-4-1-2-5-14(13)20(27)26(18)11-12-7-8-16-19(24-12)29-21(28)25-16/h1-9,18H,10-11H2,(H,25,28). The van der Waals surface area contributed by atoms with Crippen molar-refractivity contribution in [1.82, 2.24) is 19.9 Å². The van der Waals surface area contributed by atoms with Crippen molar-refractivity contribution in [3.05, 3.63) is 92.3 Å². The number of hydrogen-bond donors (Lipinski definition) is 1. The van der Waals surface area contributed by atoms with E-state index in [0.29, 0.717) is 29.7 Å². The minimum Gasteiger partial charge on any atom is -0.389 e. The fourth-order valence-corrected chi connectivity index (χ4v) is 4.15. The van der Waals surface area contributed by atoms with E-state index in [1.54, 1.807) is 23.2 Å². The summed E-state index contributed by atoms with van der Waals surface area (Å²) in [6.07, 6.45) is 2.32. The van der Waals surface area contributed by atoms with Crippen molar-refractivity contribution in [2.45, 2.75) is 19.0 Å². The number of H-pyrrole nitrogens is 1. The number of pyridine rings is 2. The van der Waals surface area contributed by atoms with Crippen molar-refractivity contribution in [3.63, 3.8) is 0 Å². The zero-order valence-electron chi connectivity index (χ0n) is 15.1. The van der Waals surface area contributed by atoms with Crippen molar-refractivity contribution in [3.8, 4) is 0 Å². The van der Waals surface area contributed by atoms with E-state index >= 15 is 0 Å². The van der Waals surface area contributed by atoms with Gasteiger partial charge in [0.25, 0.3) is 5.91 Å². The Balaban J connectivity index is 1.53. The number of aromatic amines is 1. The SMILES string of the molecule is O=C1c2ccccc2C(Cc2ncccc2Br)N1Cc1ccc2[nH]c(=O)oc2n1. The van der Waals surface area contributed by atoms with Crippen molar-refractivity contribution in [2.24, 2.45) is 0 Å². The minimum atomic E-state index is -0.549. The summed E-state index contributed by atoms with van der Waals surface area (Å²) >= 11 is 3.55. The van der Waals surface area contributed by atoms with Crippen molar-refractivity contribution in [1.29, 1.82) is 0 Å². The van der Waals surface area contributed by atoms with E-state index < -0.39 is 5.76 Å². The summed E-state index contributed by atoms with van der Waals surface area (Å²) in [4.78, 5) is 37.8. The average molecular weight is 451 g/mol. The van der Waals surface area contributed by atoms with Crippen molar-refractivity contribution < 1.29 is 9.21 Å². The van der Waals surface area contributed by atoms with Crippen LogP contribution in [0.25, 0.3) is 11.2 Å². The van der Waals surface area contributed by atoms with Crippen LogP contribution < -0.4 is 5.76 Å². The molecule has 0 fully saturated rings. The molecule has 0 saturated carbocycles. The number of hydrogen-bond acceptors (Lipinski definition) is 5. The molecule has 4 aromatic rings. The number of benzene rings is 1. The molecule has 5 rings (SSSR count). The molecule has 1 aliphatic rings. The summed E-state index contributed by atoms with van der Waals surface area (Å²) in [5.41, 5.74) is 3.96. The Morgan fingerprint density at radius 1 is 1.10 bits per heavy atom. The summed E-state index contributed by atoms with van der Waals surface area (Å²) < 4.78 is 5.97. The van der Waals surface area contributed by atoms with Crippen LogP contribution in [0, 0.1) is 0 Å². The largest absolute Gasteiger partial charge is 0.418 e. The van der Waals surface area contributed by atoms with Gasteiger partial charge in [0.05, 0.1) is 24.0 Å². The second-order valence-electron chi connectivity index (χ2n) is 6.84. The molecule has 0 aliphatic carbocycles. The third kappa shape index (κ3) is 3.15. The molecule has 3 aromatic heterocycles. The number of aromatic nitrogens is 3. The lowest BCUT2D eigenvalue weighted by molar-refractivity contribution is 0.0706. The maximum atomic E-state index is 13.1. The number of halogens is 1. The quantitative estimate of drug-likeness (QED) is 0.512. The van der Waals surface area contributed by atoms with Crippen LogP contribution in [0.15, 0.2) is 68.4 Å². The molecule has 0 bridgehead atoms. The first-order chi connectivity index (χ1) is 14.1. The molecule has 0 radical (unpaired) electrons. The van der Waals surface area contributed by atoms with E-state index in [2.05, 4.69) is 30.9 Å². The number of fused-ring (bicyclic) bond motifs is 2. The Morgan fingerprint density at radius 3 is 2.83 bits per heavy atom. The van der Waals surface area contributed by atoms with Crippen molar-refractivity contribution >= 4 is 33.1 Å². The zero-order valence-corrected chi connectivity index (χ0v) is 16.7. The second-order valence-corrected chi connectivity index (χ2v) is 7.70. The molecular formula is C21H15BrN4O3. The summed E-state index contributed by atoms with van der Waals surface area (Å²) in [7, 11) is 0. The lowest BCUT2D eigenvalue weighted by atomic mass is 10.0. The number of carbonyl (C=O) groups is 1. The van der Waals surface area contributed by atoms with Gasteiger partial charge >= 0.3 is 5.76 Å². The van der Waals surface area contributed by atoms with Gasteiger partial charge in [0.1, 0.15) is 5.52 Å². The molecule has 4 heterocycles. The fourth-order valence-electron chi connectivity index (χ4n) is 3.74. The predicted octanol–water partition coefficient (Wildman–Crippen LogP) is 3.61. The molecule has 1 aliphatic heterocycles. The lowest BCUT2D eigenvalue weighted by Crippen LogP contribution is -2.29. The molecular weight excluding hydrogens is 436 g/mol. The van der Waals surface area contributed by atoms with Gasteiger partial charge in [-0.3, -0.25) is 14.8 Å². The Labute approximate surface area is 173 Å². The van der Waals surface area contributed by atoms with Crippen LogP contribution in [0.3, 0.4) is 0 Å². The van der Waals surface area contributed by atoms with Gasteiger partial charge < -0.3 is 9.32 Å². The summed E-state index contributed by atoms with van der Waals surface area (Å²) in [5.74, 6) is -0.595. The maximum absolute atomic E-state index is 13.1. The van der Waals surface area contributed by atoms with Crippen LogP contribution in [-0.2, 0) is 13.0 Å². The molecule has 1 N–H and O–H groups in total. The Bertz CT molecular complexity index is 1300. The fraction of sp³-hybridized carbons (Fsp3) is 0.143. The van der Waals surface area contributed by atoms with Crippen LogP contribution in [0.4, 0.5) is 0 Å². The highest BCUT2D eigenvalue weighted by Gasteiger charge is 2.37. The molecule has 29 heavy (non-hydrogen) atoms. The van der Waals surface area contributed by atoms with E-state index in [0.717, 1.165) is 15.7 Å². The molecule has 8 heteroatoms. The molecule has 0 saturated heterocycles. The van der Waals surface area contributed by atoms with Crippen LogP contribution >= 0.6 is 15.9 Å². The van der Waals surface area contributed by atoms with E-state index in [-0.39, 0.29) is 17.7 Å². The topological polar surface area (TPSA) is 92.1 Å². The van der Waals surface area contributed by atoms with E-state index in [1.165, 1.54) is 0 Å². The van der Waals surface area contributed by atoms with Crippen LogP contribution in [0.5, 0.6) is 0 Å². The van der Waals surface area contributed by atoms with E-state index in [4.69, 9.17) is 4.42 Å². The molecule has 1 aromatic carbocycles. The molecule has 1 amide bonds. The molecule has 144 valence electrons. The average Bonchev–Trinajstić information content (AvgIpc) is 3.21. The normalized spacial score (nSPS) is 15.8. The first-order valence-electron chi connectivity index (χ1n) is 9.08. The number of carbonyl (C=O) groups excluding carboxylic acids is 1. The van der Waals surface area contributed by atoms with Crippen LogP contribution in [-0.4, -0.2) is 25.8 Å². The monoisotopic (exact) mass is 450 g/mol. The molecule has 7 nitrogen and oxygen atoms in total. The number of rotatable bonds is 4. The predicted molar refractivity (Wildman–Crippen MR) is 109 cm³/mol. The smallest absolute Gasteiger partial charge is 0.389 e. The van der Waals surface area contributed by atoms with Gasteiger partial charge in [0.15, 0.2) is 0 Å². The van der Waals surface area contributed by atoms with Gasteiger partial charge in [0.2, 0.25) is 5.71 Å². The number of amides is 1. The van der Waals surface area contributed by atoms with E-state index in [1.807, 2.05) is 36.4 Å². The Morgan fingerprint density at radius 2 is 1.97 bits per heavy atom. The van der Waals surface area contributed by atoms with Gasteiger partial charge in [-0.05, 0) is 51.8 Å². The van der Waals surface area contributed by atoms with Crippen molar-refractivity contribution in [2.75, 3.05) is 0 Å². The van der Waals surface area contributed by atoms with Crippen LogP contribution in [0.2, 0.25) is 0 Å². The Hall–Kier alpha value is -3.26. The summed E-state index contributed by atoms with van der Waals surface area (Å²) in [6, 6.07) is 14.8. The van der Waals surface area contributed by atoms with Gasteiger partial charge in [-0.1, -0.05) is 18.2 Å². The number of oxazole rings is 1. The lowest BCUT2D eigenvalue weighted by Gasteiger charge is -2.25. The first kappa shape index (κ1) is 17.8.